The number of unbranched alkanes of at least 4 members (excludes halogenated alkanes) is 10. The molecule has 0 aliphatic carbocycles. The molecule has 51 heavy (non-hydrogen) atoms. The first-order valence-electron chi connectivity index (χ1n) is 19.3. The lowest BCUT2D eigenvalue weighted by molar-refractivity contribution is -0.161. The van der Waals surface area contributed by atoms with Crippen LogP contribution >= 0.6 is 7.82 Å². The molecule has 0 heterocycles. The summed E-state index contributed by atoms with van der Waals surface area (Å²) in [6.07, 6.45) is 43.3. The van der Waals surface area contributed by atoms with Crippen molar-refractivity contribution in [3.63, 3.8) is 0 Å². The number of phosphoric acid groups is 1. The fraction of sp³-hybridized carbons (Fsp3) is 0.659. The van der Waals surface area contributed by atoms with Crippen LogP contribution in [0.15, 0.2) is 72.9 Å². The number of hydrogen-bond acceptors (Lipinski definition) is 7. The van der Waals surface area contributed by atoms with Gasteiger partial charge in [-0.25, -0.2) is 4.57 Å². The van der Waals surface area contributed by atoms with Gasteiger partial charge in [-0.1, -0.05) is 112 Å². The lowest BCUT2D eigenvalue weighted by Gasteiger charge is -2.18. The van der Waals surface area contributed by atoms with Crippen molar-refractivity contribution in [3.05, 3.63) is 72.9 Å². The highest BCUT2D eigenvalue weighted by atomic mass is 31.2. The van der Waals surface area contributed by atoms with E-state index in [1.54, 1.807) is 0 Å². The number of allylic oxidation sites excluding steroid dienone is 12. The van der Waals surface area contributed by atoms with Gasteiger partial charge in [0.1, 0.15) is 6.61 Å². The van der Waals surface area contributed by atoms with Crippen LogP contribution in [-0.2, 0) is 28.2 Å². The van der Waals surface area contributed by atoms with Crippen LogP contribution in [0.5, 0.6) is 0 Å². The maximum atomic E-state index is 12.3. The van der Waals surface area contributed by atoms with Crippen LogP contribution in [0.2, 0.25) is 0 Å². The lowest BCUT2D eigenvalue weighted by Crippen LogP contribution is -2.29. The number of aliphatic hydroxyl groups is 1. The molecule has 2 atom stereocenters. The number of aliphatic hydroxyl groups excluding tert-OH is 1. The monoisotopic (exact) mass is 736 g/mol. The van der Waals surface area contributed by atoms with Gasteiger partial charge in [0.05, 0.1) is 12.7 Å². The third-order valence-electron chi connectivity index (χ3n) is 7.72. The Morgan fingerprint density at radius 2 is 1.04 bits per heavy atom. The molecule has 0 aromatic rings. The molecule has 0 bridgehead atoms. The Morgan fingerprint density at radius 3 is 1.57 bits per heavy atom. The minimum Gasteiger partial charge on any atom is -0.462 e. The summed E-state index contributed by atoms with van der Waals surface area (Å²) in [5.41, 5.74) is 0. The van der Waals surface area contributed by atoms with E-state index >= 15 is 0 Å². The van der Waals surface area contributed by atoms with Gasteiger partial charge in [0, 0.05) is 12.8 Å². The highest BCUT2D eigenvalue weighted by molar-refractivity contribution is 7.46. The standard InChI is InChI=1S/C41H69O9P/c1-3-4-5-6-7-8-9-10-12-16-19-22-25-28-31-34-40(43)48-36-39(37-49-51(45,46)47)50-41(44)35-32-29-26-23-20-17-14-11-13-15-18-21-24-27-30-33-38(2)42/h7-8,10,12-15,17,21,23-24,26,38-39,42H,3-6,9,11,16,18-20,22,25,27-37H2,1-2H3,(H2,45,46,47)/b8-7-,12-10-,15-13-,17-14-,24-21-,26-23-/t38-,39+/m0/s1. The summed E-state index contributed by atoms with van der Waals surface area (Å²) >= 11 is 0. The minimum atomic E-state index is -4.78. The molecule has 0 aliphatic rings. The van der Waals surface area contributed by atoms with Crippen molar-refractivity contribution in [1.82, 2.24) is 0 Å². The van der Waals surface area contributed by atoms with E-state index in [-0.39, 0.29) is 25.6 Å². The fourth-order valence-electron chi connectivity index (χ4n) is 4.82. The highest BCUT2D eigenvalue weighted by Gasteiger charge is 2.22. The van der Waals surface area contributed by atoms with E-state index in [4.69, 9.17) is 19.3 Å². The van der Waals surface area contributed by atoms with Gasteiger partial charge in [0.25, 0.3) is 0 Å². The maximum absolute atomic E-state index is 12.3. The molecule has 0 rings (SSSR count). The molecule has 0 fully saturated rings. The fourth-order valence-corrected chi connectivity index (χ4v) is 5.18. The summed E-state index contributed by atoms with van der Waals surface area (Å²) in [6.45, 7) is 3.13. The predicted molar refractivity (Wildman–Crippen MR) is 208 cm³/mol. The zero-order valence-corrected chi connectivity index (χ0v) is 32.5. The Labute approximate surface area is 309 Å². The van der Waals surface area contributed by atoms with Crippen LogP contribution in [0.3, 0.4) is 0 Å². The molecule has 0 saturated carbocycles. The lowest BCUT2D eigenvalue weighted by atomic mass is 10.1. The second kappa shape index (κ2) is 35.8. The number of carbonyl (C=O) groups is 2. The van der Waals surface area contributed by atoms with Crippen molar-refractivity contribution in [2.24, 2.45) is 0 Å². The number of hydrogen-bond donors (Lipinski definition) is 3. The summed E-state index contributed by atoms with van der Waals surface area (Å²) in [6, 6.07) is 0. The first-order valence-corrected chi connectivity index (χ1v) is 20.8. The van der Waals surface area contributed by atoms with Gasteiger partial charge in [-0.2, -0.15) is 0 Å². The number of carbonyl (C=O) groups excluding carboxylic acids is 2. The smallest absolute Gasteiger partial charge is 0.462 e. The molecule has 9 nitrogen and oxygen atoms in total. The third-order valence-corrected chi connectivity index (χ3v) is 8.20. The quantitative estimate of drug-likeness (QED) is 0.0255. The molecule has 0 amide bonds. The molecule has 0 aliphatic heterocycles. The van der Waals surface area contributed by atoms with Crippen LogP contribution in [0.4, 0.5) is 0 Å². The van der Waals surface area contributed by atoms with E-state index in [1.165, 1.54) is 25.7 Å². The highest BCUT2D eigenvalue weighted by Crippen LogP contribution is 2.35. The number of rotatable bonds is 34. The number of phosphoric ester groups is 1. The van der Waals surface area contributed by atoms with Crippen molar-refractivity contribution in [1.29, 1.82) is 0 Å². The molecule has 0 unspecified atom stereocenters. The van der Waals surface area contributed by atoms with Crippen LogP contribution in [0.1, 0.15) is 149 Å². The second-order valence-corrected chi connectivity index (χ2v) is 14.1. The van der Waals surface area contributed by atoms with Gasteiger partial charge >= 0.3 is 19.8 Å². The van der Waals surface area contributed by atoms with Gasteiger partial charge in [-0.05, 0) is 96.8 Å². The Balaban J connectivity index is 4.11. The Hall–Kier alpha value is -2.55. The zero-order chi connectivity index (χ0) is 37.7. The van der Waals surface area contributed by atoms with E-state index in [9.17, 15) is 19.3 Å². The average Bonchev–Trinajstić information content (AvgIpc) is 3.08. The topological polar surface area (TPSA) is 140 Å². The molecule has 0 radical (unpaired) electrons. The van der Waals surface area contributed by atoms with E-state index in [1.807, 2.05) is 19.1 Å². The molecular weight excluding hydrogens is 667 g/mol. The summed E-state index contributed by atoms with van der Waals surface area (Å²) in [7, 11) is -4.78. The van der Waals surface area contributed by atoms with E-state index < -0.39 is 32.5 Å². The van der Waals surface area contributed by atoms with E-state index in [2.05, 4.69) is 72.2 Å². The van der Waals surface area contributed by atoms with Gasteiger partial charge in [0.15, 0.2) is 6.10 Å². The summed E-state index contributed by atoms with van der Waals surface area (Å²) < 4.78 is 26.2. The Bertz CT molecular complexity index is 1070. The van der Waals surface area contributed by atoms with Crippen molar-refractivity contribution in [3.8, 4) is 0 Å². The summed E-state index contributed by atoms with van der Waals surface area (Å²) in [5.74, 6) is -0.991. The largest absolute Gasteiger partial charge is 0.469 e. The van der Waals surface area contributed by atoms with Crippen molar-refractivity contribution in [2.75, 3.05) is 13.2 Å². The SMILES string of the molecule is CCCCC/C=C\C/C=C\CCCCCCCC(=O)OC[C@H](COP(=O)(O)O)OC(=O)CCC/C=C\C/C=C\C/C=C\C/C=C\CCC[C@H](C)O. The molecular formula is C41H69O9P. The van der Waals surface area contributed by atoms with Crippen LogP contribution in [0.25, 0.3) is 0 Å². The van der Waals surface area contributed by atoms with Gasteiger partial charge in [-0.15, -0.1) is 0 Å². The Morgan fingerprint density at radius 1 is 0.588 bits per heavy atom. The van der Waals surface area contributed by atoms with E-state index in [0.717, 1.165) is 77.0 Å². The zero-order valence-electron chi connectivity index (χ0n) is 31.6. The van der Waals surface area contributed by atoms with Gasteiger partial charge in [0.2, 0.25) is 0 Å². The summed E-state index contributed by atoms with van der Waals surface area (Å²) in [5, 5.41) is 9.24. The normalized spacial score (nSPS) is 13.9. The first-order chi connectivity index (χ1) is 24.6. The first kappa shape index (κ1) is 48.5. The molecule has 0 saturated heterocycles. The van der Waals surface area contributed by atoms with Crippen molar-refractivity contribution in [2.45, 2.75) is 161 Å². The third kappa shape index (κ3) is 40.1. The van der Waals surface area contributed by atoms with Gasteiger partial charge in [-0.3, -0.25) is 14.1 Å². The number of esters is 2. The van der Waals surface area contributed by atoms with Crippen LogP contribution in [0, 0.1) is 0 Å². The second-order valence-electron chi connectivity index (χ2n) is 12.8. The van der Waals surface area contributed by atoms with Crippen molar-refractivity contribution >= 4 is 19.8 Å². The van der Waals surface area contributed by atoms with Crippen LogP contribution in [-0.4, -0.2) is 52.3 Å². The van der Waals surface area contributed by atoms with Crippen molar-refractivity contribution < 1.29 is 43.0 Å². The molecule has 292 valence electrons. The molecule has 10 heteroatoms. The van der Waals surface area contributed by atoms with Gasteiger partial charge < -0.3 is 24.4 Å². The number of ether oxygens (including phenoxy) is 2. The molecule has 0 aromatic heterocycles. The average molecular weight is 737 g/mol. The van der Waals surface area contributed by atoms with E-state index in [0.29, 0.717) is 19.3 Å². The van der Waals surface area contributed by atoms with Crippen LogP contribution < -0.4 is 0 Å². The predicted octanol–water partition coefficient (Wildman–Crippen LogP) is 10.5. The summed E-state index contributed by atoms with van der Waals surface area (Å²) in [4.78, 5) is 42.7. The maximum Gasteiger partial charge on any atom is 0.469 e. The molecule has 0 spiro atoms. The molecule has 0 aromatic carbocycles. The Kier molecular flexibility index (Phi) is 34.0. The molecule has 3 N–H and O–H groups in total. The minimum absolute atomic E-state index is 0.117.